The molecule has 1 aromatic heterocycles. The SMILES string of the molecule is Cc1cc(OCc2ccc(C(=O)Nc3c(Cl)cccc3Cl)o2)ccc1Cl. The van der Waals surface area contributed by atoms with E-state index < -0.39 is 5.91 Å². The maximum absolute atomic E-state index is 12.3. The van der Waals surface area contributed by atoms with Crippen LogP contribution in [0.15, 0.2) is 52.9 Å². The summed E-state index contributed by atoms with van der Waals surface area (Å²) < 4.78 is 11.2. The van der Waals surface area contributed by atoms with E-state index in [4.69, 9.17) is 44.0 Å². The van der Waals surface area contributed by atoms with Gasteiger partial charge in [-0.15, -0.1) is 0 Å². The molecule has 7 heteroatoms. The first-order valence-electron chi connectivity index (χ1n) is 7.67. The Morgan fingerprint density at radius 3 is 2.46 bits per heavy atom. The lowest BCUT2D eigenvalue weighted by Gasteiger charge is -2.08. The van der Waals surface area contributed by atoms with Gasteiger partial charge in [0.1, 0.15) is 18.1 Å². The van der Waals surface area contributed by atoms with Gasteiger partial charge in [0.2, 0.25) is 0 Å². The smallest absolute Gasteiger partial charge is 0.291 e. The fourth-order valence-corrected chi connectivity index (χ4v) is 2.84. The largest absolute Gasteiger partial charge is 0.486 e. The molecule has 1 heterocycles. The Bertz CT molecular complexity index is 933. The third-order valence-electron chi connectivity index (χ3n) is 3.60. The van der Waals surface area contributed by atoms with Crippen molar-refractivity contribution in [2.75, 3.05) is 5.32 Å². The first-order valence-corrected chi connectivity index (χ1v) is 8.80. The molecule has 0 atom stereocenters. The fourth-order valence-electron chi connectivity index (χ4n) is 2.23. The summed E-state index contributed by atoms with van der Waals surface area (Å²) in [5.41, 5.74) is 1.26. The fraction of sp³-hybridized carbons (Fsp3) is 0.105. The number of benzene rings is 2. The predicted octanol–water partition coefficient (Wildman–Crippen LogP) is 6.38. The van der Waals surface area contributed by atoms with Crippen molar-refractivity contribution in [2.45, 2.75) is 13.5 Å². The minimum absolute atomic E-state index is 0.131. The van der Waals surface area contributed by atoms with Crippen molar-refractivity contribution in [3.8, 4) is 5.75 Å². The molecule has 0 unspecified atom stereocenters. The molecule has 0 bridgehead atoms. The van der Waals surface area contributed by atoms with Crippen molar-refractivity contribution in [1.29, 1.82) is 0 Å². The number of halogens is 3. The first-order chi connectivity index (χ1) is 12.4. The van der Waals surface area contributed by atoms with Gasteiger partial charge in [0.25, 0.3) is 5.91 Å². The molecular formula is C19H14Cl3NO3. The predicted molar refractivity (Wildman–Crippen MR) is 104 cm³/mol. The molecule has 26 heavy (non-hydrogen) atoms. The molecule has 0 radical (unpaired) electrons. The topological polar surface area (TPSA) is 51.5 Å². The summed E-state index contributed by atoms with van der Waals surface area (Å²) in [7, 11) is 0. The van der Waals surface area contributed by atoms with Gasteiger partial charge in [-0.05, 0) is 55.0 Å². The third-order valence-corrected chi connectivity index (χ3v) is 4.65. The van der Waals surface area contributed by atoms with Gasteiger partial charge >= 0.3 is 0 Å². The molecular weight excluding hydrogens is 397 g/mol. The number of aryl methyl sites for hydroxylation is 1. The van der Waals surface area contributed by atoms with Crippen LogP contribution < -0.4 is 10.1 Å². The molecule has 1 amide bonds. The van der Waals surface area contributed by atoms with Crippen LogP contribution in [0.25, 0.3) is 0 Å². The zero-order valence-electron chi connectivity index (χ0n) is 13.7. The van der Waals surface area contributed by atoms with Crippen molar-refractivity contribution >= 4 is 46.4 Å². The van der Waals surface area contributed by atoms with Crippen LogP contribution in [0.1, 0.15) is 21.9 Å². The van der Waals surface area contributed by atoms with Gasteiger partial charge < -0.3 is 14.5 Å². The van der Waals surface area contributed by atoms with E-state index in [2.05, 4.69) is 5.32 Å². The highest BCUT2D eigenvalue weighted by atomic mass is 35.5. The van der Waals surface area contributed by atoms with Crippen LogP contribution in [0.3, 0.4) is 0 Å². The van der Waals surface area contributed by atoms with Gasteiger partial charge in [-0.3, -0.25) is 4.79 Å². The van der Waals surface area contributed by atoms with Crippen LogP contribution in [0.5, 0.6) is 5.75 Å². The second kappa shape index (κ2) is 8.04. The average molecular weight is 411 g/mol. The van der Waals surface area contributed by atoms with Crippen LogP contribution in [0.2, 0.25) is 15.1 Å². The molecule has 0 saturated heterocycles. The summed E-state index contributed by atoms with van der Waals surface area (Å²) in [6.07, 6.45) is 0. The van der Waals surface area contributed by atoms with E-state index in [1.165, 1.54) is 0 Å². The highest BCUT2D eigenvalue weighted by Gasteiger charge is 2.15. The number of amides is 1. The van der Waals surface area contributed by atoms with Crippen LogP contribution in [0, 0.1) is 6.92 Å². The van der Waals surface area contributed by atoms with Crippen LogP contribution in [-0.2, 0) is 6.61 Å². The molecule has 0 aliphatic heterocycles. The lowest BCUT2D eigenvalue weighted by Crippen LogP contribution is -2.11. The molecule has 1 N–H and O–H groups in total. The van der Waals surface area contributed by atoms with Crippen LogP contribution >= 0.6 is 34.8 Å². The average Bonchev–Trinajstić information content (AvgIpc) is 3.08. The van der Waals surface area contributed by atoms with Gasteiger partial charge in [-0.25, -0.2) is 0 Å². The Hall–Kier alpha value is -2.14. The van der Waals surface area contributed by atoms with E-state index in [0.717, 1.165) is 5.56 Å². The number of nitrogens with one attached hydrogen (secondary N) is 1. The monoisotopic (exact) mass is 409 g/mol. The zero-order valence-corrected chi connectivity index (χ0v) is 16.0. The van der Waals surface area contributed by atoms with Crippen molar-refractivity contribution in [1.82, 2.24) is 0 Å². The molecule has 0 spiro atoms. The molecule has 3 rings (SSSR count). The van der Waals surface area contributed by atoms with E-state index in [9.17, 15) is 4.79 Å². The van der Waals surface area contributed by atoms with Gasteiger partial charge in [0.15, 0.2) is 5.76 Å². The second-order valence-electron chi connectivity index (χ2n) is 5.52. The van der Waals surface area contributed by atoms with Crippen molar-refractivity contribution in [3.63, 3.8) is 0 Å². The number of para-hydroxylation sites is 1. The number of carbonyl (C=O) groups is 1. The summed E-state index contributed by atoms with van der Waals surface area (Å²) in [6.45, 7) is 2.07. The standard InChI is InChI=1S/C19H14Cl3NO3/c1-11-9-12(5-7-14(11)20)25-10-13-6-8-17(26-13)19(24)23-18-15(21)3-2-4-16(18)22/h2-9H,10H2,1H3,(H,23,24). The Labute approximate surface area is 165 Å². The highest BCUT2D eigenvalue weighted by molar-refractivity contribution is 6.40. The van der Waals surface area contributed by atoms with E-state index in [0.29, 0.717) is 32.3 Å². The Balaban J connectivity index is 1.65. The van der Waals surface area contributed by atoms with E-state index in [-0.39, 0.29) is 12.4 Å². The van der Waals surface area contributed by atoms with Gasteiger partial charge in [0.05, 0.1) is 15.7 Å². The number of carbonyl (C=O) groups excluding carboxylic acids is 1. The second-order valence-corrected chi connectivity index (χ2v) is 6.74. The van der Waals surface area contributed by atoms with E-state index >= 15 is 0 Å². The number of furan rings is 1. The third kappa shape index (κ3) is 4.33. The van der Waals surface area contributed by atoms with Crippen molar-refractivity contribution in [3.05, 3.63) is 80.7 Å². The van der Waals surface area contributed by atoms with Gasteiger partial charge in [-0.2, -0.15) is 0 Å². The number of anilines is 1. The highest BCUT2D eigenvalue weighted by Crippen LogP contribution is 2.30. The van der Waals surface area contributed by atoms with Crippen molar-refractivity contribution in [2.24, 2.45) is 0 Å². The number of ether oxygens (including phenoxy) is 1. The number of rotatable bonds is 5. The summed E-state index contributed by atoms with van der Waals surface area (Å²) in [4.78, 5) is 12.3. The molecule has 2 aromatic carbocycles. The summed E-state index contributed by atoms with van der Waals surface area (Å²) in [5.74, 6) is 0.852. The Morgan fingerprint density at radius 1 is 1.04 bits per heavy atom. The normalized spacial score (nSPS) is 10.6. The minimum Gasteiger partial charge on any atom is -0.486 e. The van der Waals surface area contributed by atoms with E-state index in [1.807, 2.05) is 13.0 Å². The number of hydrogen-bond donors (Lipinski definition) is 1. The summed E-state index contributed by atoms with van der Waals surface area (Å²) in [6, 6.07) is 13.6. The number of hydrogen-bond acceptors (Lipinski definition) is 3. The molecule has 134 valence electrons. The van der Waals surface area contributed by atoms with Crippen LogP contribution in [-0.4, -0.2) is 5.91 Å². The Kier molecular flexibility index (Phi) is 5.77. The Morgan fingerprint density at radius 2 is 1.77 bits per heavy atom. The lowest BCUT2D eigenvalue weighted by atomic mass is 10.2. The molecule has 4 nitrogen and oxygen atoms in total. The van der Waals surface area contributed by atoms with Crippen LogP contribution in [0.4, 0.5) is 5.69 Å². The molecule has 3 aromatic rings. The maximum atomic E-state index is 12.3. The molecule has 0 fully saturated rings. The molecule has 0 saturated carbocycles. The summed E-state index contributed by atoms with van der Waals surface area (Å²) in [5, 5.41) is 4.01. The van der Waals surface area contributed by atoms with Crippen molar-refractivity contribution < 1.29 is 13.9 Å². The summed E-state index contributed by atoms with van der Waals surface area (Å²) >= 11 is 18.1. The maximum Gasteiger partial charge on any atom is 0.291 e. The van der Waals surface area contributed by atoms with Gasteiger partial charge in [-0.1, -0.05) is 40.9 Å². The minimum atomic E-state index is -0.450. The quantitative estimate of drug-likeness (QED) is 0.531. The molecule has 0 aliphatic carbocycles. The lowest BCUT2D eigenvalue weighted by molar-refractivity contribution is 0.0992. The van der Waals surface area contributed by atoms with Gasteiger partial charge in [0, 0.05) is 5.02 Å². The van der Waals surface area contributed by atoms with E-state index in [1.54, 1.807) is 42.5 Å². The zero-order chi connectivity index (χ0) is 18.7. The first kappa shape index (κ1) is 18.6. The molecule has 0 aliphatic rings.